The fourth-order valence-electron chi connectivity index (χ4n) is 3.81. The van der Waals surface area contributed by atoms with E-state index in [9.17, 15) is 9.59 Å². The molecule has 0 spiro atoms. The van der Waals surface area contributed by atoms with Gasteiger partial charge in [-0.3, -0.25) is 9.80 Å². The van der Waals surface area contributed by atoms with Gasteiger partial charge in [0.25, 0.3) is 0 Å². The van der Waals surface area contributed by atoms with E-state index in [2.05, 4.69) is 21.8 Å². The molecule has 3 rings (SSSR count). The van der Waals surface area contributed by atoms with Crippen LogP contribution in [0.15, 0.2) is 30.3 Å². The van der Waals surface area contributed by atoms with Crippen LogP contribution in [0.25, 0.3) is 0 Å². The number of nitrogens with zero attached hydrogens (tertiary/aromatic N) is 2. The molecule has 2 aliphatic rings. The maximum Gasteiger partial charge on any atom is 0.411 e. The number of aldehydes is 1. The van der Waals surface area contributed by atoms with Crippen LogP contribution in [0.4, 0.5) is 4.79 Å². The third kappa shape index (κ3) is 5.53. The Morgan fingerprint density at radius 1 is 1.19 bits per heavy atom. The number of rotatable bonds is 3. The predicted molar refractivity (Wildman–Crippen MR) is 105 cm³/mol. The number of hydrogen-bond donors (Lipinski definition) is 0. The Bertz CT molecular complexity index is 614. The molecule has 27 heavy (non-hydrogen) atoms. The van der Waals surface area contributed by atoms with Crippen molar-refractivity contribution in [2.75, 3.05) is 20.8 Å². The number of carbonyl (C=O) groups is 2. The second-order valence-electron chi connectivity index (χ2n) is 8.12. The smallest absolute Gasteiger partial charge is 0.411 e. The average Bonchev–Trinajstić information content (AvgIpc) is 2.87. The Morgan fingerprint density at radius 3 is 2.37 bits per heavy atom. The number of fused-ring (bicyclic) bond motifs is 2. The van der Waals surface area contributed by atoms with Crippen molar-refractivity contribution >= 4 is 12.4 Å². The van der Waals surface area contributed by atoms with Gasteiger partial charge in [-0.15, -0.1) is 0 Å². The van der Waals surface area contributed by atoms with Crippen LogP contribution < -0.4 is 0 Å². The van der Waals surface area contributed by atoms with Crippen molar-refractivity contribution in [3.8, 4) is 0 Å². The normalized spacial score (nSPS) is 24.8. The maximum atomic E-state index is 12.5. The number of amides is 1. The lowest BCUT2D eigenvalue weighted by molar-refractivity contribution is -0.117. The van der Waals surface area contributed by atoms with Crippen LogP contribution >= 0.6 is 0 Å². The second-order valence-corrected chi connectivity index (χ2v) is 8.12. The summed E-state index contributed by atoms with van der Waals surface area (Å²) in [7, 11) is 3.25. The first-order valence-corrected chi connectivity index (χ1v) is 9.45. The zero-order chi connectivity index (χ0) is 20.0. The molecule has 2 aliphatic heterocycles. The molecular formula is C21H32N2O4. The minimum atomic E-state index is -0.551. The van der Waals surface area contributed by atoms with Gasteiger partial charge in [0, 0.05) is 39.4 Å². The van der Waals surface area contributed by atoms with E-state index in [-0.39, 0.29) is 12.1 Å². The molecule has 2 saturated heterocycles. The highest BCUT2D eigenvalue weighted by atomic mass is 16.6. The molecule has 0 radical (unpaired) electrons. The third-order valence-corrected chi connectivity index (χ3v) is 4.83. The lowest BCUT2D eigenvalue weighted by Crippen LogP contribution is -2.61. The van der Waals surface area contributed by atoms with E-state index in [0.29, 0.717) is 12.6 Å². The van der Waals surface area contributed by atoms with Crippen molar-refractivity contribution in [2.45, 2.75) is 63.9 Å². The van der Waals surface area contributed by atoms with Gasteiger partial charge in [-0.1, -0.05) is 30.3 Å². The fraction of sp³-hybridized carbons (Fsp3) is 0.619. The topological polar surface area (TPSA) is 59.1 Å². The lowest BCUT2D eigenvalue weighted by atomic mass is 10.0. The molecular weight excluding hydrogens is 344 g/mol. The van der Waals surface area contributed by atoms with Gasteiger partial charge in [-0.2, -0.15) is 0 Å². The van der Waals surface area contributed by atoms with Crippen molar-refractivity contribution in [1.82, 2.24) is 9.80 Å². The zero-order valence-corrected chi connectivity index (χ0v) is 17.1. The van der Waals surface area contributed by atoms with Gasteiger partial charge in [-0.05, 0) is 39.2 Å². The van der Waals surface area contributed by atoms with Crippen LogP contribution in [0.2, 0.25) is 0 Å². The first-order chi connectivity index (χ1) is 12.8. The van der Waals surface area contributed by atoms with Crippen LogP contribution in [0, 0.1) is 0 Å². The molecule has 0 N–H and O–H groups in total. The molecule has 0 aromatic heterocycles. The molecule has 0 aliphatic carbocycles. The van der Waals surface area contributed by atoms with Gasteiger partial charge >= 0.3 is 6.09 Å². The van der Waals surface area contributed by atoms with E-state index < -0.39 is 11.6 Å². The monoisotopic (exact) mass is 376 g/mol. The number of benzene rings is 1. The van der Waals surface area contributed by atoms with Crippen LogP contribution in [-0.4, -0.2) is 66.7 Å². The molecule has 0 saturated carbocycles. The molecule has 1 amide bonds. The van der Waals surface area contributed by atoms with Crippen LogP contribution in [0.5, 0.6) is 0 Å². The number of likely N-dealkylation sites (tertiary alicyclic amines) is 1. The molecule has 1 aromatic carbocycles. The van der Waals surface area contributed by atoms with E-state index in [1.165, 1.54) is 5.56 Å². The number of hydrogen-bond acceptors (Lipinski definition) is 5. The van der Waals surface area contributed by atoms with Crippen molar-refractivity contribution in [3.63, 3.8) is 0 Å². The van der Waals surface area contributed by atoms with Crippen molar-refractivity contribution in [2.24, 2.45) is 0 Å². The molecule has 6 nitrogen and oxygen atoms in total. The third-order valence-electron chi connectivity index (χ3n) is 4.83. The van der Waals surface area contributed by atoms with Crippen molar-refractivity contribution in [1.29, 1.82) is 0 Å². The van der Waals surface area contributed by atoms with Gasteiger partial charge in [0.1, 0.15) is 17.9 Å². The average molecular weight is 376 g/mol. The number of ether oxygens (including phenoxy) is 2. The largest absolute Gasteiger partial charge is 0.444 e. The van der Waals surface area contributed by atoms with E-state index in [4.69, 9.17) is 4.74 Å². The summed E-state index contributed by atoms with van der Waals surface area (Å²) >= 11 is 0. The second kappa shape index (κ2) is 9.33. The highest BCUT2D eigenvalue weighted by Crippen LogP contribution is 2.35. The van der Waals surface area contributed by atoms with E-state index in [0.717, 1.165) is 25.7 Å². The molecule has 2 fully saturated rings. The summed E-state index contributed by atoms with van der Waals surface area (Å²) in [5, 5.41) is 0. The highest BCUT2D eigenvalue weighted by Gasteiger charge is 2.48. The number of piperazine rings is 1. The van der Waals surface area contributed by atoms with E-state index in [1.807, 2.05) is 39.0 Å². The van der Waals surface area contributed by atoms with Gasteiger partial charge < -0.3 is 14.3 Å². The molecule has 2 bridgehead atoms. The summed E-state index contributed by atoms with van der Waals surface area (Å²) in [4.78, 5) is 28.3. The molecule has 1 aromatic rings. The summed E-state index contributed by atoms with van der Waals surface area (Å²) in [6, 6.07) is 10.2. The molecule has 2 heterocycles. The summed E-state index contributed by atoms with van der Waals surface area (Å²) in [5.41, 5.74) is 0.690. The van der Waals surface area contributed by atoms with Crippen LogP contribution in [0.3, 0.4) is 0 Å². The predicted octanol–water partition coefficient (Wildman–Crippen LogP) is 3.10. The van der Waals surface area contributed by atoms with E-state index in [1.54, 1.807) is 19.1 Å². The minimum absolute atomic E-state index is 0.0778. The summed E-state index contributed by atoms with van der Waals surface area (Å²) < 4.78 is 9.75. The van der Waals surface area contributed by atoms with Gasteiger partial charge in [0.2, 0.25) is 0 Å². The van der Waals surface area contributed by atoms with Crippen molar-refractivity contribution in [3.05, 3.63) is 35.9 Å². The first-order valence-electron chi connectivity index (χ1n) is 9.45. The van der Waals surface area contributed by atoms with Gasteiger partial charge in [0.05, 0.1) is 0 Å². The molecule has 150 valence electrons. The van der Waals surface area contributed by atoms with Crippen LogP contribution in [-0.2, 0) is 20.8 Å². The Labute approximate surface area is 162 Å². The number of carbonyl (C=O) groups excluding carboxylic acids is 2. The number of methoxy groups -OCH3 is 1. The lowest BCUT2D eigenvalue weighted by Gasteiger charge is -2.44. The summed E-state index contributed by atoms with van der Waals surface area (Å²) in [6.07, 6.45) is 2.49. The summed E-state index contributed by atoms with van der Waals surface area (Å²) in [5.74, 6) is 0. The summed E-state index contributed by atoms with van der Waals surface area (Å²) in [6.45, 7) is 6.92. The Morgan fingerprint density at radius 2 is 1.81 bits per heavy atom. The first kappa shape index (κ1) is 21.4. The SMILES string of the molecule is CC(C)(C)OC(=O)N1C[C@@H]2CCC(C1C=O)N2Cc1ccccc1.COC. The highest BCUT2D eigenvalue weighted by molar-refractivity contribution is 5.75. The van der Waals surface area contributed by atoms with Crippen molar-refractivity contribution < 1.29 is 19.1 Å². The van der Waals surface area contributed by atoms with E-state index >= 15 is 0 Å². The molecule has 6 heteroatoms. The van der Waals surface area contributed by atoms with Crippen LogP contribution in [0.1, 0.15) is 39.2 Å². The fourth-order valence-corrected chi connectivity index (χ4v) is 3.81. The maximum absolute atomic E-state index is 12.5. The standard InChI is InChI=1S/C19H26N2O3.C2H6O/c1-19(2,3)24-18(23)21-12-15-9-10-16(17(21)13-22)20(15)11-14-7-5-4-6-8-14;1-3-2/h4-8,13,15-17H,9-12H2,1-3H3;1-2H3/t15-,16?,17?;/m0./s1. The van der Waals surface area contributed by atoms with Gasteiger partial charge in [-0.25, -0.2) is 4.79 Å². The zero-order valence-electron chi connectivity index (χ0n) is 17.1. The Balaban J connectivity index is 0.000000817. The van der Waals surface area contributed by atoms with Gasteiger partial charge in [0.15, 0.2) is 0 Å². The Kier molecular flexibility index (Phi) is 7.39. The minimum Gasteiger partial charge on any atom is -0.444 e. The Hall–Kier alpha value is -1.92. The quantitative estimate of drug-likeness (QED) is 0.759. The molecule has 3 atom stereocenters. The molecule has 2 unspecified atom stereocenters.